The normalized spacial score (nSPS) is 31.5. The Kier molecular flexibility index (Phi) is 2.99. The Balaban J connectivity index is 2.15. The maximum atomic E-state index is 6.03. The number of hydrogen-bond donors (Lipinski definition) is 1. The summed E-state index contributed by atoms with van der Waals surface area (Å²) in [6, 6.07) is 8.35. The van der Waals surface area contributed by atoms with Gasteiger partial charge in [0.25, 0.3) is 0 Å². The van der Waals surface area contributed by atoms with Gasteiger partial charge in [0.15, 0.2) is 0 Å². The number of nitrogen functional groups attached to an aromatic ring is 1. The van der Waals surface area contributed by atoms with Gasteiger partial charge in [-0.2, -0.15) is 0 Å². The first-order chi connectivity index (χ1) is 7.18. The van der Waals surface area contributed by atoms with Crippen molar-refractivity contribution in [1.29, 1.82) is 0 Å². The molecule has 0 amide bonds. The highest BCUT2D eigenvalue weighted by atomic mass is 14.6. The second-order valence-electron chi connectivity index (χ2n) is 5.09. The van der Waals surface area contributed by atoms with Crippen molar-refractivity contribution >= 4 is 5.69 Å². The quantitative estimate of drug-likeness (QED) is 0.690. The van der Waals surface area contributed by atoms with Crippen LogP contribution >= 0.6 is 0 Å². The molecule has 0 aliphatic heterocycles. The van der Waals surface area contributed by atoms with E-state index < -0.39 is 0 Å². The van der Waals surface area contributed by atoms with Crippen LogP contribution < -0.4 is 5.73 Å². The van der Waals surface area contributed by atoms with Crippen LogP contribution in [-0.4, -0.2) is 0 Å². The number of nitrogens with two attached hydrogens (primary N) is 1. The first-order valence-corrected chi connectivity index (χ1v) is 6.03. The SMILES string of the molecule is C[C@@H]1CC[C@@H](c2ccccc2N)C[C@H]1C. The third-order valence-electron chi connectivity index (χ3n) is 4.03. The number of hydrogen-bond acceptors (Lipinski definition) is 1. The molecule has 3 atom stereocenters. The Morgan fingerprint density at radius 1 is 1.07 bits per heavy atom. The number of rotatable bonds is 1. The Morgan fingerprint density at radius 3 is 2.47 bits per heavy atom. The zero-order chi connectivity index (χ0) is 10.8. The van der Waals surface area contributed by atoms with E-state index in [1.165, 1.54) is 24.8 Å². The molecule has 1 aliphatic rings. The lowest BCUT2D eigenvalue weighted by Crippen LogP contribution is -2.20. The van der Waals surface area contributed by atoms with Crippen LogP contribution in [0, 0.1) is 11.8 Å². The van der Waals surface area contributed by atoms with E-state index in [1.807, 2.05) is 12.1 Å². The number of benzene rings is 1. The van der Waals surface area contributed by atoms with Gasteiger partial charge in [-0.15, -0.1) is 0 Å². The summed E-state index contributed by atoms with van der Waals surface area (Å²) in [7, 11) is 0. The fourth-order valence-electron chi connectivity index (χ4n) is 2.71. The molecule has 1 aliphatic carbocycles. The molecule has 15 heavy (non-hydrogen) atoms. The summed E-state index contributed by atoms with van der Waals surface area (Å²) in [5.74, 6) is 2.41. The molecule has 0 heterocycles. The third kappa shape index (κ3) is 2.17. The summed E-state index contributed by atoms with van der Waals surface area (Å²) in [5, 5.41) is 0. The highest BCUT2D eigenvalue weighted by molar-refractivity contribution is 5.48. The molecule has 82 valence electrons. The molecule has 1 fully saturated rings. The minimum atomic E-state index is 0.692. The molecule has 0 saturated heterocycles. The zero-order valence-electron chi connectivity index (χ0n) is 9.74. The van der Waals surface area contributed by atoms with Crippen molar-refractivity contribution in [3.8, 4) is 0 Å². The Bertz CT molecular complexity index is 332. The third-order valence-corrected chi connectivity index (χ3v) is 4.03. The average Bonchev–Trinajstić information content (AvgIpc) is 2.23. The zero-order valence-corrected chi connectivity index (χ0v) is 9.74. The molecule has 1 saturated carbocycles. The summed E-state index contributed by atoms with van der Waals surface area (Å²) in [4.78, 5) is 0. The molecule has 0 bridgehead atoms. The maximum Gasteiger partial charge on any atom is 0.0349 e. The van der Waals surface area contributed by atoms with Crippen LogP contribution in [0.15, 0.2) is 24.3 Å². The van der Waals surface area contributed by atoms with Crippen LogP contribution in [0.3, 0.4) is 0 Å². The van der Waals surface area contributed by atoms with Crippen molar-refractivity contribution in [2.75, 3.05) is 5.73 Å². The Labute approximate surface area is 92.7 Å². The first-order valence-electron chi connectivity index (χ1n) is 6.03. The lowest BCUT2D eigenvalue weighted by Gasteiger charge is -2.32. The fraction of sp³-hybridized carbons (Fsp3) is 0.571. The topological polar surface area (TPSA) is 26.0 Å². The van der Waals surface area contributed by atoms with E-state index in [0.29, 0.717) is 5.92 Å². The van der Waals surface area contributed by atoms with E-state index in [1.54, 1.807) is 0 Å². The Morgan fingerprint density at radius 2 is 1.80 bits per heavy atom. The van der Waals surface area contributed by atoms with Gasteiger partial charge in [0.05, 0.1) is 0 Å². The van der Waals surface area contributed by atoms with Gasteiger partial charge in [-0.05, 0) is 48.6 Å². The van der Waals surface area contributed by atoms with Gasteiger partial charge in [-0.3, -0.25) is 0 Å². The molecule has 1 aromatic carbocycles. The molecule has 1 heteroatoms. The van der Waals surface area contributed by atoms with Crippen molar-refractivity contribution in [1.82, 2.24) is 0 Å². The lowest BCUT2D eigenvalue weighted by atomic mass is 9.73. The van der Waals surface area contributed by atoms with E-state index in [4.69, 9.17) is 5.73 Å². The molecule has 0 spiro atoms. The van der Waals surface area contributed by atoms with Gasteiger partial charge in [-0.25, -0.2) is 0 Å². The minimum absolute atomic E-state index is 0.692. The molecule has 1 aromatic rings. The van der Waals surface area contributed by atoms with Crippen LogP contribution in [0.1, 0.15) is 44.6 Å². The summed E-state index contributed by atoms with van der Waals surface area (Å²) in [5.41, 5.74) is 8.38. The van der Waals surface area contributed by atoms with E-state index >= 15 is 0 Å². The van der Waals surface area contributed by atoms with Crippen molar-refractivity contribution in [2.24, 2.45) is 11.8 Å². The monoisotopic (exact) mass is 203 g/mol. The van der Waals surface area contributed by atoms with Gasteiger partial charge >= 0.3 is 0 Å². The van der Waals surface area contributed by atoms with Crippen LogP contribution in [0.4, 0.5) is 5.69 Å². The molecule has 0 radical (unpaired) electrons. The second-order valence-corrected chi connectivity index (χ2v) is 5.09. The highest BCUT2D eigenvalue weighted by Gasteiger charge is 2.26. The van der Waals surface area contributed by atoms with Gasteiger partial charge in [-0.1, -0.05) is 32.0 Å². The van der Waals surface area contributed by atoms with Gasteiger partial charge in [0.1, 0.15) is 0 Å². The van der Waals surface area contributed by atoms with Crippen molar-refractivity contribution < 1.29 is 0 Å². The molecule has 1 nitrogen and oxygen atoms in total. The van der Waals surface area contributed by atoms with Gasteiger partial charge in [0, 0.05) is 5.69 Å². The van der Waals surface area contributed by atoms with Crippen LogP contribution in [0.25, 0.3) is 0 Å². The standard InChI is InChI=1S/C14H21N/c1-10-7-8-12(9-11(10)2)13-5-3-4-6-14(13)15/h3-6,10-12H,7-9,15H2,1-2H3/t10-,11-,12-/m1/s1. The van der Waals surface area contributed by atoms with Crippen LogP contribution in [0.5, 0.6) is 0 Å². The van der Waals surface area contributed by atoms with Crippen LogP contribution in [0.2, 0.25) is 0 Å². The highest BCUT2D eigenvalue weighted by Crippen LogP contribution is 2.40. The molecule has 0 unspecified atom stereocenters. The Hall–Kier alpha value is -0.980. The van der Waals surface area contributed by atoms with Crippen molar-refractivity contribution in [3.05, 3.63) is 29.8 Å². The fourth-order valence-corrected chi connectivity index (χ4v) is 2.71. The average molecular weight is 203 g/mol. The van der Waals surface area contributed by atoms with Gasteiger partial charge < -0.3 is 5.73 Å². The molecular formula is C14H21N. The van der Waals surface area contributed by atoms with E-state index in [0.717, 1.165) is 17.5 Å². The smallest absolute Gasteiger partial charge is 0.0349 e. The summed E-state index contributed by atoms with van der Waals surface area (Å²) < 4.78 is 0. The van der Waals surface area contributed by atoms with E-state index in [-0.39, 0.29) is 0 Å². The molecule has 2 rings (SSSR count). The van der Waals surface area contributed by atoms with Crippen molar-refractivity contribution in [2.45, 2.75) is 39.0 Å². The lowest BCUT2D eigenvalue weighted by molar-refractivity contribution is 0.251. The minimum Gasteiger partial charge on any atom is -0.398 e. The summed E-state index contributed by atoms with van der Waals surface area (Å²) in [6.07, 6.45) is 3.95. The predicted octanol–water partition coefficient (Wildman–Crippen LogP) is 3.81. The second kappa shape index (κ2) is 4.26. The molecule has 0 aromatic heterocycles. The maximum absolute atomic E-state index is 6.03. The predicted molar refractivity (Wildman–Crippen MR) is 65.8 cm³/mol. The summed E-state index contributed by atoms with van der Waals surface area (Å²) >= 11 is 0. The largest absolute Gasteiger partial charge is 0.398 e. The molecule has 2 N–H and O–H groups in total. The van der Waals surface area contributed by atoms with Gasteiger partial charge in [0.2, 0.25) is 0 Å². The first kappa shape index (κ1) is 10.5. The summed E-state index contributed by atoms with van der Waals surface area (Å²) in [6.45, 7) is 4.74. The van der Waals surface area contributed by atoms with Crippen molar-refractivity contribution in [3.63, 3.8) is 0 Å². The number of para-hydroxylation sites is 1. The van der Waals surface area contributed by atoms with E-state index in [9.17, 15) is 0 Å². The number of anilines is 1. The van der Waals surface area contributed by atoms with E-state index in [2.05, 4.69) is 26.0 Å². The molecular weight excluding hydrogens is 182 g/mol. The van der Waals surface area contributed by atoms with Crippen LogP contribution in [-0.2, 0) is 0 Å².